The first-order valence-electron chi connectivity index (χ1n) is 6.53. The SMILES string of the molecule is O=C(Nc1nc2c(s1)CCCC2)[C@@H]1CCS(=O)(=O)C1. The highest BCUT2D eigenvalue weighted by molar-refractivity contribution is 7.91. The van der Waals surface area contributed by atoms with Gasteiger partial charge in [0, 0.05) is 4.88 Å². The summed E-state index contributed by atoms with van der Waals surface area (Å²) >= 11 is 1.53. The lowest BCUT2D eigenvalue weighted by Crippen LogP contribution is -2.23. The summed E-state index contributed by atoms with van der Waals surface area (Å²) in [5.74, 6) is -0.512. The van der Waals surface area contributed by atoms with Crippen LogP contribution in [-0.4, -0.2) is 30.8 Å². The molecule has 0 unspecified atom stereocenters. The maximum atomic E-state index is 12.0. The van der Waals surface area contributed by atoms with Crippen LogP contribution in [-0.2, 0) is 27.5 Å². The van der Waals surface area contributed by atoms with Crippen LogP contribution in [0, 0.1) is 5.92 Å². The lowest BCUT2D eigenvalue weighted by atomic mass is 10.0. The summed E-state index contributed by atoms with van der Waals surface area (Å²) < 4.78 is 22.7. The fourth-order valence-electron chi connectivity index (χ4n) is 2.61. The monoisotopic (exact) mass is 300 g/mol. The summed E-state index contributed by atoms with van der Waals surface area (Å²) in [6, 6.07) is 0. The lowest BCUT2D eigenvalue weighted by molar-refractivity contribution is -0.119. The van der Waals surface area contributed by atoms with Crippen molar-refractivity contribution in [3.05, 3.63) is 10.6 Å². The number of aromatic nitrogens is 1. The van der Waals surface area contributed by atoms with Gasteiger partial charge in [-0.25, -0.2) is 13.4 Å². The van der Waals surface area contributed by atoms with Gasteiger partial charge in [-0.2, -0.15) is 0 Å². The zero-order valence-corrected chi connectivity index (χ0v) is 12.1. The van der Waals surface area contributed by atoms with Crippen molar-refractivity contribution in [1.29, 1.82) is 0 Å². The van der Waals surface area contributed by atoms with E-state index in [9.17, 15) is 13.2 Å². The Labute approximate surface area is 116 Å². The number of carbonyl (C=O) groups excluding carboxylic acids is 1. The Hall–Kier alpha value is -0.950. The van der Waals surface area contributed by atoms with Gasteiger partial charge in [-0.1, -0.05) is 0 Å². The molecule has 0 saturated carbocycles. The van der Waals surface area contributed by atoms with Crippen LogP contribution >= 0.6 is 11.3 Å². The quantitative estimate of drug-likeness (QED) is 0.895. The molecule has 7 heteroatoms. The van der Waals surface area contributed by atoms with E-state index in [1.54, 1.807) is 0 Å². The molecule has 1 amide bonds. The maximum absolute atomic E-state index is 12.0. The summed E-state index contributed by atoms with van der Waals surface area (Å²) in [5, 5.41) is 3.41. The molecule has 5 nitrogen and oxygen atoms in total. The van der Waals surface area contributed by atoms with Gasteiger partial charge in [0.15, 0.2) is 15.0 Å². The summed E-state index contributed by atoms with van der Waals surface area (Å²) in [6.07, 6.45) is 4.80. The van der Waals surface area contributed by atoms with Crippen molar-refractivity contribution in [1.82, 2.24) is 4.98 Å². The topological polar surface area (TPSA) is 76.1 Å². The average Bonchev–Trinajstić information content (AvgIpc) is 2.91. The number of aryl methyl sites for hydroxylation is 2. The number of rotatable bonds is 2. The number of carbonyl (C=O) groups is 1. The van der Waals surface area contributed by atoms with E-state index in [2.05, 4.69) is 10.3 Å². The van der Waals surface area contributed by atoms with E-state index in [0.717, 1.165) is 25.0 Å². The predicted octanol–water partition coefficient (Wildman–Crippen LogP) is 1.40. The second-order valence-corrected chi connectivity index (χ2v) is 8.50. The Balaban J connectivity index is 1.68. The van der Waals surface area contributed by atoms with Crippen molar-refractivity contribution in [3.8, 4) is 0 Å². The van der Waals surface area contributed by atoms with E-state index in [1.807, 2.05) is 0 Å². The normalized spacial score (nSPS) is 24.9. The molecule has 1 aromatic heterocycles. The number of nitrogens with one attached hydrogen (secondary N) is 1. The zero-order valence-electron chi connectivity index (χ0n) is 10.5. The molecule has 1 aromatic rings. The van der Waals surface area contributed by atoms with Gasteiger partial charge in [0.1, 0.15) is 0 Å². The van der Waals surface area contributed by atoms with E-state index in [1.165, 1.54) is 22.6 Å². The van der Waals surface area contributed by atoms with Crippen LogP contribution < -0.4 is 5.32 Å². The predicted molar refractivity (Wildman–Crippen MR) is 74.1 cm³/mol. The fourth-order valence-corrected chi connectivity index (χ4v) is 5.41. The number of anilines is 1. The second-order valence-electron chi connectivity index (χ2n) is 5.19. The standard InChI is InChI=1S/C12H16N2O3S2/c15-11(8-5-6-19(16,17)7-8)14-12-13-9-3-1-2-4-10(9)18-12/h8H,1-7H2,(H,13,14,15)/t8-/m1/s1. The van der Waals surface area contributed by atoms with Crippen LogP contribution in [0.25, 0.3) is 0 Å². The van der Waals surface area contributed by atoms with Crippen molar-refractivity contribution in [2.24, 2.45) is 5.92 Å². The molecule has 0 radical (unpaired) electrons. The van der Waals surface area contributed by atoms with Gasteiger partial charge >= 0.3 is 0 Å². The number of thiazole rings is 1. The first kappa shape index (κ1) is 13.1. The maximum Gasteiger partial charge on any atom is 0.230 e. The summed E-state index contributed by atoms with van der Waals surface area (Å²) in [6.45, 7) is 0. The smallest absolute Gasteiger partial charge is 0.230 e. The zero-order chi connectivity index (χ0) is 13.5. The van der Waals surface area contributed by atoms with Crippen LogP contribution in [0.15, 0.2) is 0 Å². The van der Waals surface area contributed by atoms with Gasteiger partial charge < -0.3 is 5.32 Å². The molecule has 0 aromatic carbocycles. The van der Waals surface area contributed by atoms with Gasteiger partial charge in [0.25, 0.3) is 0 Å². The van der Waals surface area contributed by atoms with Gasteiger partial charge in [-0.15, -0.1) is 11.3 Å². The van der Waals surface area contributed by atoms with Gasteiger partial charge in [-0.05, 0) is 32.1 Å². The third kappa shape index (κ3) is 2.81. The molecule has 0 spiro atoms. The molecule has 19 heavy (non-hydrogen) atoms. The molecule has 1 N–H and O–H groups in total. The molecule has 1 aliphatic carbocycles. The Bertz CT molecular complexity index is 583. The van der Waals surface area contributed by atoms with Crippen molar-refractivity contribution in [2.45, 2.75) is 32.1 Å². The molecule has 1 saturated heterocycles. The van der Waals surface area contributed by atoms with Gasteiger partial charge in [0.05, 0.1) is 23.1 Å². The molecular weight excluding hydrogens is 284 g/mol. The highest BCUT2D eigenvalue weighted by Gasteiger charge is 2.33. The lowest BCUT2D eigenvalue weighted by Gasteiger charge is -2.06. The molecule has 0 bridgehead atoms. The molecule has 1 fully saturated rings. The minimum Gasteiger partial charge on any atom is -0.302 e. The van der Waals surface area contributed by atoms with Crippen molar-refractivity contribution in [2.75, 3.05) is 16.8 Å². The third-order valence-electron chi connectivity index (χ3n) is 3.68. The molecule has 1 atom stereocenters. The Morgan fingerprint density at radius 3 is 2.79 bits per heavy atom. The fraction of sp³-hybridized carbons (Fsp3) is 0.667. The number of fused-ring (bicyclic) bond motifs is 1. The van der Waals surface area contributed by atoms with Gasteiger partial charge in [0.2, 0.25) is 5.91 Å². The van der Waals surface area contributed by atoms with E-state index in [0.29, 0.717) is 11.6 Å². The minimum atomic E-state index is -3.01. The van der Waals surface area contributed by atoms with E-state index < -0.39 is 15.8 Å². The highest BCUT2D eigenvalue weighted by Crippen LogP contribution is 2.30. The Kier molecular flexibility index (Phi) is 3.34. The largest absolute Gasteiger partial charge is 0.302 e. The van der Waals surface area contributed by atoms with Crippen molar-refractivity contribution < 1.29 is 13.2 Å². The first-order chi connectivity index (χ1) is 9.03. The Morgan fingerprint density at radius 1 is 1.32 bits per heavy atom. The molecule has 3 rings (SSSR count). The Morgan fingerprint density at radius 2 is 2.11 bits per heavy atom. The average molecular weight is 300 g/mol. The molecule has 1 aliphatic heterocycles. The van der Waals surface area contributed by atoms with Crippen LogP contribution in [0.2, 0.25) is 0 Å². The first-order valence-corrected chi connectivity index (χ1v) is 9.17. The van der Waals surface area contributed by atoms with Crippen molar-refractivity contribution in [3.63, 3.8) is 0 Å². The van der Waals surface area contributed by atoms with Crippen LogP contribution in [0.1, 0.15) is 29.8 Å². The van der Waals surface area contributed by atoms with Gasteiger partial charge in [-0.3, -0.25) is 4.79 Å². The minimum absolute atomic E-state index is 0.0239. The highest BCUT2D eigenvalue weighted by atomic mass is 32.2. The van der Waals surface area contributed by atoms with Crippen LogP contribution in [0.5, 0.6) is 0 Å². The second kappa shape index (κ2) is 4.86. The third-order valence-corrected chi connectivity index (χ3v) is 6.52. The number of sulfone groups is 1. The summed E-state index contributed by atoms with van der Waals surface area (Å²) in [4.78, 5) is 17.7. The molecule has 104 valence electrons. The van der Waals surface area contributed by atoms with Crippen LogP contribution in [0.4, 0.5) is 5.13 Å². The number of hydrogen-bond acceptors (Lipinski definition) is 5. The molecule has 2 heterocycles. The summed E-state index contributed by atoms with van der Waals surface area (Å²) in [5.41, 5.74) is 1.10. The number of hydrogen-bond donors (Lipinski definition) is 1. The number of amides is 1. The van der Waals surface area contributed by atoms with Crippen LogP contribution in [0.3, 0.4) is 0 Å². The van der Waals surface area contributed by atoms with E-state index in [-0.39, 0.29) is 17.4 Å². The number of nitrogens with zero attached hydrogens (tertiary/aromatic N) is 1. The van der Waals surface area contributed by atoms with E-state index in [4.69, 9.17) is 0 Å². The van der Waals surface area contributed by atoms with Crippen molar-refractivity contribution >= 4 is 32.2 Å². The van der Waals surface area contributed by atoms with E-state index >= 15 is 0 Å². The molecular formula is C12H16N2O3S2. The summed E-state index contributed by atoms with van der Waals surface area (Å²) in [7, 11) is -3.01. The molecule has 2 aliphatic rings.